The van der Waals surface area contributed by atoms with Gasteiger partial charge in [0.25, 0.3) is 0 Å². The van der Waals surface area contributed by atoms with E-state index in [-0.39, 0.29) is 12.3 Å². The van der Waals surface area contributed by atoms with Crippen molar-refractivity contribution < 1.29 is 24.2 Å². The Balaban J connectivity index is 1.52. The highest BCUT2D eigenvalue weighted by Gasteiger charge is 2.62. The number of nitrogens with zero attached hydrogens (tertiary/aromatic N) is 1. The maximum Gasteiger partial charge on any atom is 0.328 e. The van der Waals surface area contributed by atoms with Crippen LogP contribution in [0.5, 0.6) is 5.75 Å². The topological polar surface area (TPSA) is 83.9 Å². The maximum absolute atomic E-state index is 13.4. The number of amides is 2. The summed E-state index contributed by atoms with van der Waals surface area (Å²) in [6, 6.07) is 25.5. The quantitative estimate of drug-likeness (QED) is 0.458. The number of carboxylic acids is 1. The summed E-state index contributed by atoms with van der Waals surface area (Å²) in [4.78, 5) is 39.8. The Bertz CT molecular complexity index is 1150. The van der Waals surface area contributed by atoms with Crippen molar-refractivity contribution in [3.8, 4) is 5.75 Å². The second-order valence-electron chi connectivity index (χ2n) is 9.15. The lowest BCUT2D eigenvalue weighted by Gasteiger charge is -2.51. The maximum atomic E-state index is 13.4. The number of carboxylic acid groups (broad SMARTS) is 1. The van der Waals surface area contributed by atoms with Crippen molar-refractivity contribution in [2.24, 2.45) is 5.41 Å². The number of β-lactam (4-membered cyclic amide) rings is 1. The fraction of sp³-hybridized carbons (Fsp3) is 0.276. The minimum absolute atomic E-state index is 0.0120. The number of methoxy groups -OCH3 is 1. The van der Waals surface area contributed by atoms with Gasteiger partial charge in [-0.1, -0.05) is 72.8 Å². The van der Waals surface area contributed by atoms with E-state index in [2.05, 4.69) is 0 Å². The van der Waals surface area contributed by atoms with Gasteiger partial charge in [-0.2, -0.15) is 0 Å². The highest BCUT2D eigenvalue weighted by molar-refractivity contribution is 6.10. The molecule has 1 heterocycles. The number of aryl methyl sites for hydroxylation is 1. The molecule has 180 valence electrons. The summed E-state index contributed by atoms with van der Waals surface area (Å²) in [7, 11) is 1.59. The largest absolute Gasteiger partial charge is 0.497 e. The summed E-state index contributed by atoms with van der Waals surface area (Å²) in [5, 5.41) is 9.98. The average molecular weight is 472 g/mol. The van der Waals surface area contributed by atoms with Crippen LogP contribution in [0.4, 0.5) is 0 Å². The third kappa shape index (κ3) is 4.83. The van der Waals surface area contributed by atoms with E-state index in [1.54, 1.807) is 14.0 Å². The third-order valence-electron chi connectivity index (χ3n) is 6.95. The Morgan fingerprint density at radius 3 is 1.97 bits per heavy atom. The average Bonchev–Trinajstić information content (AvgIpc) is 2.89. The van der Waals surface area contributed by atoms with E-state index >= 15 is 0 Å². The first-order valence-electron chi connectivity index (χ1n) is 11.7. The molecule has 0 aliphatic carbocycles. The van der Waals surface area contributed by atoms with Crippen molar-refractivity contribution >= 4 is 17.8 Å². The Morgan fingerprint density at radius 1 is 0.943 bits per heavy atom. The molecule has 35 heavy (non-hydrogen) atoms. The molecule has 1 saturated heterocycles. The molecule has 0 aromatic heterocycles. The van der Waals surface area contributed by atoms with Gasteiger partial charge >= 0.3 is 5.97 Å². The molecule has 6 nitrogen and oxygen atoms in total. The Labute approximate surface area is 205 Å². The number of carbonyl (C=O) groups is 3. The van der Waals surface area contributed by atoms with E-state index in [1.165, 1.54) is 0 Å². The van der Waals surface area contributed by atoms with Gasteiger partial charge in [-0.15, -0.1) is 0 Å². The van der Waals surface area contributed by atoms with E-state index in [0.29, 0.717) is 12.8 Å². The van der Waals surface area contributed by atoms with Crippen LogP contribution in [0.1, 0.15) is 42.4 Å². The highest BCUT2D eigenvalue weighted by atomic mass is 16.5. The molecule has 4 rings (SSSR count). The van der Waals surface area contributed by atoms with Gasteiger partial charge in [0.2, 0.25) is 11.8 Å². The molecule has 2 atom stereocenters. The van der Waals surface area contributed by atoms with Crippen LogP contribution in [-0.2, 0) is 20.8 Å². The normalized spacial score (nSPS) is 19.3. The molecular formula is C29H29NO5. The Kier molecular flexibility index (Phi) is 7.01. The van der Waals surface area contributed by atoms with Gasteiger partial charge in [-0.05, 0) is 48.6 Å². The molecule has 3 aromatic rings. The molecule has 0 bridgehead atoms. The molecule has 0 spiro atoms. The molecule has 2 amide bonds. The SMILES string of the molecule is COc1ccc(CC[C@@]2(C)C(=O)N(C(=O)CC(c3ccccc3)c3ccccc3)[C@@H]2C(=O)O)cc1. The molecule has 3 aromatic carbocycles. The van der Waals surface area contributed by atoms with Gasteiger partial charge in [0, 0.05) is 12.3 Å². The molecule has 0 saturated carbocycles. The lowest BCUT2D eigenvalue weighted by molar-refractivity contribution is -0.188. The number of imide groups is 1. The van der Waals surface area contributed by atoms with E-state index in [4.69, 9.17) is 4.74 Å². The van der Waals surface area contributed by atoms with Gasteiger partial charge < -0.3 is 9.84 Å². The summed E-state index contributed by atoms with van der Waals surface area (Å²) >= 11 is 0. The zero-order valence-corrected chi connectivity index (χ0v) is 19.9. The van der Waals surface area contributed by atoms with Gasteiger partial charge in [0.15, 0.2) is 6.04 Å². The highest BCUT2D eigenvalue weighted by Crippen LogP contribution is 2.44. The predicted molar refractivity (Wildman–Crippen MR) is 132 cm³/mol. The number of hydrogen-bond acceptors (Lipinski definition) is 4. The molecule has 1 fully saturated rings. The number of hydrogen-bond donors (Lipinski definition) is 1. The lowest BCUT2D eigenvalue weighted by Crippen LogP contribution is -2.72. The fourth-order valence-electron chi connectivity index (χ4n) is 4.88. The first kappa shape index (κ1) is 24.2. The van der Waals surface area contributed by atoms with Crippen LogP contribution in [0.25, 0.3) is 0 Å². The van der Waals surface area contributed by atoms with Gasteiger partial charge in [0.05, 0.1) is 12.5 Å². The minimum atomic E-state index is -1.19. The second kappa shape index (κ2) is 10.1. The Morgan fingerprint density at radius 2 is 1.49 bits per heavy atom. The molecule has 0 unspecified atom stereocenters. The summed E-state index contributed by atoms with van der Waals surface area (Å²) in [5.74, 6) is -1.61. The monoisotopic (exact) mass is 471 g/mol. The number of benzene rings is 3. The number of aliphatic carboxylic acids is 1. The third-order valence-corrected chi connectivity index (χ3v) is 6.95. The van der Waals surface area contributed by atoms with E-state index in [0.717, 1.165) is 27.3 Å². The van der Waals surface area contributed by atoms with Crippen molar-refractivity contribution in [2.45, 2.75) is 38.1 Å². The van der Waals surface area contributed by atoms with E-state index < -0.39 is 29.2 Å². The van der Waals surface area contributed by atoms with Gasteiger partial charge in [-0.25, -0.2) is 4.79 Å². The van der Waals surface area contributed by atoms with Crippen molar-refractivity contribution in [2.75, 3.05) is 7.11 Å². The van der Waals surface area contributed by atoms with Crippen LogP contribution in [0, 0.1) is 5.41 Å². The van der Waals surface area contributed by atoms with Crippen LogP contribution >= 0.6 is 0 Å². The zero-order chi connectivity index (χ0) is 25.0. The fourth-order valence-corrected chi connectivity index (χ4v) is 4.88. The smallest absolute Gasteiger partial charge is 0.328 e. The molecule has 1 aliphatic rings. The summed E-state index contributed by atoms with van der Waals surface area (Å²) in [6.07, 6.45) is 0.868. The predicted octanol–water partition coefficient (Wildman–Crippen LogP) is 4.68. The zero-order valence-electron chi connectivity index (χ0n) is 19.9. The van der Waals surface area contributed by atoms with Gasteiger partial charge in [0.1, 0.15) is 5.75 Å². The van der Waals surface area contributed by atoms with Crippen LogP contribution in [0.15, 0.2) is 84.9 Å². The number of likely N-dealkylation sites (tertiary alicyclic amines) is 1. The van der Waals surface area contributed by atoms with Crippen LogP contribution in [-0.4, -0.2) is 40.9 Å². The molecular weight excluding hydrogens is 442 g/mol. The lowest BCUT2D eigenvalue weighted by atomic mass is 9.68. The van der Waals surface area contributed by atoms with Crippen molar-refractivity contribution in [3.05, 3.63) is 102 Å². The number of rotatable bonds is 9. The van der Waals surface area contributed by atoms with Crippen molar-refractivity contribution in [1.29, 1.82) is 0 Å². The van der Waals surface area contributed by atoms with Crippen LogP contribution in [0.3, 0.4) is 0 Å². The van der Waals surface area contributed by atoms with Crippen LogP contribution < -0.4 is 4.74 Å². The molecule has 0 radical (unpaired) electrons. The summed E-state index contributed by atoms with van der Waals surface area (Å²) in [5.41, 5.74) is 1.71. The first-order chi connectivity index (χ1) is 16.8. The van der Waals surface area contributed by atoms with Gasteiger partial charge in [-0.3, -0.25) is 14.5 Å². The van der Waals surface area contributed by atoms with Crippen molar-refractivity contribution in [3.63, 3.8) is 0 Å². The van der Waals surface area contributed by atoms with Crippen molar-refractivity contribution in [1.82, 2.24) is 4.90 Å². The standard InChI is InChI=1S/C29H29NO5/c1-29(18-17-20-13-15-23(35-2)16-14-20)26(27(32)33)30(28(29)34)25(31)19-24(21-9-5-3-6-10-21)22-11-7-4-8-12-22/h3-16,24,26H,17-19H2,1-2H3,(H,32,33)/t26-,29-/m1/s1. The molecule has 1 N–H and O–H groups in total. The molecule has 1 aliphatic heterocycles. The summed E-state index contributed by atoms with van der Waals surface area (Å²) in [6.45, 7) is 1.65. The summed E-state index contributed by atoms with van der Waals surface area (Å²) < 4.78 is 5.17. The van der Waals surface area contributed by atoms with E-state index in [9.17, 15) is 19.5 Å². The van der Waals surface area contributed by atoms with E-state index in [1.807, 2.05) is 84.9 Å². The first-order valence-corrected chi connectivity index (χ1v) is 11.7. The number of carbonyl (C=O) groups excluding carboxylic acids is 2. The Hall–Kier alpha value is -3.93. The van der Waals surface area contributed by atoms with Crippen LogP contribution in [0.2, 0.25) is 0 Å². The molecule has 6 heteroatoms. The second-order valence-corrected chi connectivity index (χ2v) is 9.15. The minimum Gasteiger partial charge on any atom is -0.497 e. The number of ether oxygens (including phenoxy) is 1.